The van der Waals surface area contributed by atoms with Crippen LogP contribution < -0.4 is 0 Å². The molecule has 0 bridgehead atoms. The van der Waals surface area contributed by atoms with Gasteiger partial charge in [0.15, 0.2) is 0 Å². The van der Waals surface area contributed by atoms with Crippen molar-refractivity contribution in [1.29, 1.82) is 0 Å². The molecule has 0 radical (unpaired) electrons. The van der Waals surface area contributed by atoms with Crippen molar-refractivity contribution in [3.05, 3.63) is 35.9 Å². The van der Waals surface area contributed by atoms with Gasteiger partial charge in [-0.15, -0.1) is 0 Å². The largest absolute Gasteiger partial charge is 0.321 e. The van der Waals surface area contributed by atoms with Crippen LogP contribution >= 0.6 is 28.3 Å². The van der Waals surface area contributed by atoms with Crippen molar-refractivity contribution in [3.63, 3.8) is 0 Å². The molecule has 1 rings (SSSR count). The molecular weight excluding hydrogens is 330 g/mol. The van der Waals surface area contributed by atoms with E-state index < -0.39 is 0 Å². The van der Waals surface area contributed by atoms with Gasteiger partial charge in [-0.1, -0.05) is 30.3 Å². The molecule has 1 nitrogen and oxygen atoms in total. The van der Waals surface area contributed by atoms with Crippen molar-refractivity contribution in [1.82, 2.24) is 0 Å². The number of hydrogen-bond acceptors (Lipinski definition) is 0. The zero-order valence-corrected chi connectivity index (χ0v) is 13.6. The van der Waals surface area contributed by atoms with E-state index in [2.05, 4.69) is 79.4 Å². The van der Waals surface area contributed by atoms with E-state index in [1.807, 2.05) is 0 Å². The van der Waals surface area contributed by atoms with Crippen LogP contribution in [0.15, 0.2) is 30.3 Å². The average molecular weight is 352 g/mol. The Morgan fingerprint density at radius 3 is 1.69 bits per heavy atom. The summed E-state index contributed by atoms with van der Waals surface area (Å²) >= 11 is 5.50. The number of quaternary nitrogens is 1. The summed E-state index contributed by atoms with van der Waals surface area (Å²) in [7, 11) is 0. The lowest BCUT2D eigenvalue weighted by Crippen LogP contribution is -2.46. The van der Waals surface area contributed by atoms with Crippen LogP contribution in [0.5, 0.6) is 0 Å². The van der Waals surface area contributed by atoms with Crippen molar-refractivity contribution in [2.45, 2.75) is 27.3 Å². The number of halogens is 2. The van der Waals surface area contributed by atoms with Crippen molar-refractivity contribution in [3.8, 4) is 0 Å². The molecule has 0 heterocycles. The molecule has 16 heavy (non-hydrogen) atoms. The molecular formula is C13H22Br2N+. The van der Waals surface area contributed by atoms with E-state index in [1.165, 1.54) is 36.2 Å². The highest BCUT2D eigenvalue weighted by atomic mass is 80.9. The van der Waals surface area contributed by atoms with E-state index in [-0.39, 0.29) is 0 Å². The molecule has 0 aliphatic heterocycles. The maximum Gasteiger partial charge on any atom is 0.104 e. The maximum absolute atomic E-state index is 2.75. The number of rotatable bonds is 5. The first-order valence-electron chi connectivity index (χ1n) is 5.79. The van der Waals surface area contributed by atoms with Crippen LogP contribution in [0.2, 0.25) is 0 Å². The van der Waals surface area contributed by atoms with Crippen molar-refractivity contribution in [2.75, 3.05) is 19.6 Å². The summed E-state index contributed by atoms with van der Waals surface area (Å²) in [4.78, 5) is 0. The van der Waals surface area contributed by atoms with Gasteiger partial charge in [0.1, 0.15) is 6.54 Å². The van der Waals surface area contributed by atoms with Gasteiger partial charge < -0.3 is 4.48 Å². The summed E-state index contributed by atoms with van der Waals surface area (Å²) in [5.41, 5.74) is 1.46. The summed E-state index contributed by atoms with van der Waals surface area (Å²) in [5, 5.41) is 0. The lowest BCUT2D eigenvalue weighted by atomic mass is 10.2. The summed E-state index contributed by atoms with van der Waals surface area (Å²) < 4.78 is 1.20. The molecule has 0 fully saturated rings. The summed E-state index contributed by atoms with van der Waals surface area (Å²) in [6.45, 7) is 11.7. The molecule has 0 aromatic heterocycles. The second-order valence-corrected chi connectivity index (χ2v) is 3.93. The minimum Gasteiger partial charge on any atom is -0.321 e. The van der Waals surface area contributed by atoms with Gasteiger partial charge in [-0.05, 0) is 20.8 Å². The summed E-state index contributed by atoms with van der Waals surface area (Å²) in [5.74, 6) is 0. The van der Waals surface area contributed by atoms with Gasteiger partial charge in [0, 0.05) is 33.8 Å². The first kappa shape index (κ1) is 16.1. The van der Waals surface area contributed by atoms with E-state index in [1.54, 1.807) is 0 Å². The Morgan fingerprint density at radius 1 is 0.875 bits per heavy atom. The zero-order chi connectivity index (χ0) is 12.4. The lowest BCUT2D eigenvalue weighted by Gasteiger charge is -2.35. The SMILES string of the molecule is BrBr.CC[N+](CC)(CC)Cc1ccccc1. The van der Waals surface area contributed by atoms with Crippen LogP contribution in [0.4, 0.5) is 0 Å². The molecule has 3 heteroatoms. The molecule has 0 spiro atoms. The standard InChI is InChI=1S/C13H22N.Br2/c1-4-14(5-2,6-3)12-13-10-8-7-9-11-13;1-2/h7-11H,4-6,12H2,1-3H3;/q+1;. The minimum absolute atomic E-state index is 1.17. The van der Waals surface area contributed by atoms with Crippen LogP contribution in [0.1, 0.15) is 26.3 Å². The van der Waals surface area contributed by atoms with Crippen LogP contribution in [-0.4, -0.2) is 24.1 Å². The fourth-order valence-electron chi connectivity index (χ4n) is 1.98. The number of nitrogens with zero attached hydrogens (tertiary/aromatic N) is 1. The Labute approximate surface area is 115 Å². The maximum atomic E-state index is 2.75. The highest BCUT2D eigenvalue weighted by Crippen LogP contribution is 2.13. The Bertz CT molecular complexity index is 250. The normalized spacial score (nSPS) is 10.6. The van der Waals surface area contributed by atoms with Crippen LogP contribution in [0, 0.1) is 0 Å². The molecule has 0 atom stereocenters. The van der Waals surface area contributed by atoms with Gasteiger partial charge in [-0.3, -0.25) is 0 Å². The average Bonchev–Trinajstić information content (AvgIpc) is 2.40. The predicted octanol–water partition coefficient (Wildman–Crippen LogP) is 4.75. The Morgan fingerprint density at radius 2 is 1.31 bits per heavy atom. The molecule has 0 unspecified atom stereocenters. The van der Waals surface area contributed by atoms with Crippen LogP contribution in [0.25, 0.3) is 0 Å². The molecule has 0 aliphatic rings. The fraction of sp³-hybridized carbons (Fsp3) is 0.538. The molecule has 0 saturated carbocycles. The number of benzene rings is 1. The van der Waals surface area contributed by atoms with Crippen molar-refractivity contribution >= 4 is 28.3 Å². The van der Waals surface area contributed by atoms with E-state index >= 15 is 0 Å². The highest BCUT2D eigenvalue weighted by molar-refractivity contribution is 9.93. The monoisotopic (exact) mass is 350 g/mol. The highest BCUT2D eigenvalue weighted by Gasteiger charge is 2.20. The molecule has 1 aromatic rings. The molecule has 1 aromatic carbocycles. The Balaban J connectivity index is 0.00000106. The third-order valence-electron chi connectivity index (χ3n) is 3.37. The number of hydrogen-bond donors (Lipinski definition) is 0. The third kappa shape index (κ3) is 4.98. The summed E-state index contributed by atoms with van der Waals surface area (Å²) in [6.07, 6.45) is 0. The smallest absolute Gasteiger partial charge is 0.104 e. The fourth-order valence-corrected chi connectivity index (χ4v) is 1.98. The van der Waals surface area contributed by atoms with Gasteiger partial charge >= 0.3 is 0 Å². The Kier molecular flexibility index (Phi) is 9.28. The Hall–Kier alpha value is 0.140. The van der Waals surface area contributed by atoms with Crippen molar-refractivity contribution < 1.29 is 4.48 Å². The lowest BCUT2D eigenvalue weighted by molar-refractivity contribution is -0.936. The second kappa shape index (κ2) is 9.20. The van der Waals surface area contributed by atoms with Crippen molar-refractivity contribution in [2.24, 2.45) is 0 Å². The molecule has 0 aliphatic carbocycles. The van der Waals surface area contributed by atoms with E-state index in [9.17, 15) is 0 Å². The quantitative estimate of drug-likeness (QED) is 0.671. The topological polar surface area (TPSA) is 0 Å². The zero-order valence-electron chi connectivity index (χ0n) is 10.4. The van der Waals surface area contributed by atoms with E-state index in [4.69, 9.17) is 0 Å². The van der Waals surface area contributed by atoms with Gasteiger partial charge in [-0.25, -0.2) is 0 Å². The predicted molar refractivity (Wildman–Crippen MR) is 79.9 cm³/mol. The van der Waals surface area contributed by atoms with Gasteiger partial charge in [0.2, 0.25) is 0 Å². The molecule has 0 amide bonds. The van der Waals surface area contributed by atoms with Crippen LogP contribution in [0.3, 0.4) is 0 Å². The molecule has 0 saturated heterocycles. The minimum atomic E-state index is 1.17. The first-order chi connectivity index (χ1) is 7.76. The second-order valence-electron chi connectivity index (χ2n) is 3.93. The van der Waals surface area contributed by atoms with E-state index in [0.717, 1.165) is 0 Å². The van der Waals surface area contributed by atoms with Crippen LogP contribution in [-0.2, 0) is 6.54 Å². The van der Waals surface area contributed by atoms with E-state index in [0.29, 0.717) is 0 Å². The summed E-state index contributed by atoms with van der Waals surface area (Å²) in [6, 6.07) is 10.8. The molecule has 0 N–H and O–H groups in total. The molecule has 92 valence electrons. The third-order valence-corrected chi connectivity index (χ3v) is 3.37. The van der Waals surface area contributed by atoms with Gasteiger partial charge in [-0.2, -0.15) is 0 Å². The van der Waals surface area contributed by atoms with Gasteiger partial charge in [0.05, 0.1) is 19.6 Å². The van der Waals surface area contributed by atoms with Gasteiger partial charge in [0.25, 0.3) is 0 Å². The first-order valence-corrected chi connectivity index (χ1v) is 9.51.